The first-order valence-corrected chi connectivity index (χ1v) is 6.99. The third kappa shape index (κ3) is 2.22. The molecule has 2 aliphatic carbocycles. The average Bonchev–Trinajstić information content (AvgIpc) is 2.31. The number of rotatable bonds is 2. The van der Waals surface area contributed by atoms with Gasteiger partial charge in [0.2, 0.25) is 0 Å². The molecule has 0 aromatic rings. The monoisotopic (exact) mass is 210 g/mol. The van der Waals surface area contributed by atoms with E-state index in [9.17, 15) is 5.11 Å². The molecule has 15 heavy (non-hydrogen) atoms. The van der Waals surface area contributed by atoms with E-state index >= 15 is 0 Å². The van der Waals surface area contributed by atoms with Crippen LogP contribution < -0.4 is 0 Å². The zero-order valence-electron chi connectivity index (χ0n) is 10.2. The van der Waals surface area contributed by atoms with E-state index in [0.29, 0.717) is 11.8 Å². The van der Waals surface area contributed by atoms with Crippen LogP contribution in [0.4, 0.5) is 0 Å². The molecule has 1 N–H and O–H groups in total. The summed E-state index contributed by atoms with van der Waals surface area (Å²) in [5.41, 5.74) is -0.284. The fraction of sp³-hybridized carbons (Fsp3) is 1.00. The standard InChI is InChI=1S/C14H26O/c1-2-12-8-6-7-11-14(12,15)13-9-4-3-5-10-13/h12-13,15H,2-11H2,1H3/t12-,14+/m0/s1. The van der Waals surface area contributed by atoms with Gasteiger partial charge >= 0.3 is 0 Å². The summed E-state index contributed by atoms with van der Waals surface area (Å²) in [5, 5.41) is 11.0. The molecule has 0 heterocycles. The van der Waals surface area contributed by atoms with Gasteiger partial charge in [0.15, 0.2) is 0 Å². The van der Waals surface area contributed by atoms with Crippen molar-refractivity contribution in [1.29, 1.82) is 0 Å². The Kier molecular flexibility index (Phi) is 3.71. The van der Waals surface area contributed by atoms with Crippen LogP contribution in [0.5, 0.6) is 0 Å². The van der Waals surface area contributed by atoms with Crippen LogP contribution in [0.2, 0.25) is 0 Å². The lowest BCUT2D eigenvalue weighted by atomic mass is 9.64. The van der Waals surface area contributed by atoms with Crippen LogP contribution in [0.3, 0.4) is 0 Å². The Hall–Kier alpha value is -0.0400. The molecule has 2 rings (SSSR count). The van der Waals surface area contributed by atoms with E-state index in [1.54, 1.807) is 0 Å². The van der Waals surface area contributed by atoms with Crippen molar-refractivity contribution in [3.63, 3.8) is 0 Å². The van der Waals surface area contributed by atoms with Crippen LogP contribution >= 0.6 is 0 Å². The first kappa shape index (κ1) is 11.4. The molecule has 0 amide bonds. The number of hydrogen-bond donors (Lipinski definition) is 1. The summed E-state index contributed by atoms with van der Waals surface area (Å²) in [6.07, 6.45) is 12.8. The molecule has 1 heteroatoms. The quantitative estimate of drug-likeness (QED) is 0.733. The second-order valence-electron chi connectivity index (χ2n) is 5.68. The molecule has 0 aromatic carbocycles. The Labute approximate surface area is 94.3 Å². The molecule has 88 valence electrons. The van der Waals surface area contributed by atoms with Gasteiger partial charge in [-0.15, -0.1) is 0 Å². The predicted molar refractivity (Wildman–Crippen MR) is 63.8 cm³/mol. The second-order valence-corrected chi connectivity index (χ2v) is 5.68. The van der Waals surface area contributed by atoms with Crippen molar-refractivity contribution < 1.29 is 5.11 Å². The molecule has 2 aliphatic rings. The van der Waals surface area contributed by atoms with Gasteiger partial charge in [-0.05, 0) is 37.5 Å². The molecular formula is C14H26O. The lowest BCUT2D eigenvalue weighted by molar-refractivity contribution is -0.106. The maximum Gasteiger partial charge on any atom is 0.0703 e. The predicted octanol–water partition coefficient (Wildman–Crippen LogP) is 3.90. The maximum absolute atomic E-state index is 11.0. The Morgan fingerprint density at radius 1 is 1.00 bits per heavy atom. The zero-order chi connectivity index (χ0) is 10.7. The van der Waals surface area contributed by atoms with Crippen molar-refractivity contribution in [1.82, 2.24) is 0 Å². The summed E-state index contributed by atoms with van der Waals surface area (Å²) in [7, 11) is 0. The Morgan fingerprint density at radius 3 is 2.33 bits per heavy atom. The van der Waals surface area contributed by atoms with Gasteiger partial charge in [-0.25, -0.2) is 0 Å². The molecule has 0 aliphatic heterocycles. The molecule has 0 aromatic heterocycles. The van der Waals surface area contributed by atoms with Crippen LogP contribution in [0, 0.1) is 11.8 Å². The summed E-state index contributed by atoms with van der Waals surface area (Å²) in [5.74, 6) is 1.21. The van der Waals surface area contributed by atoms with E-state index in [4.69, 9.17) is 0 Å². The molecule has 2 fully saturated rings. The molecule has 1 nitrogen and oxygen atoms in total. The minimum atomic E-state index is -0.284. The summed E-state index contributed by atoms with van der Waals surface area (Å²) < 4.78 is 0. The summed E-state index contributed by atoms with van der Waals surface area (Å²) in [4.78, 5) is 0. The van der Waals surface area contributed by atoms with Crippen molar-refractivity contribution in [2.24, 2.45) is 11.8 Å². The summed E-state index contributed by atoms with van der Waals surface area (Å²) in [6.45, 7) is 2.25. The van der Waals surface area contributed by atoms with Gasteiger partial charge in [0, 0.05) is 0 Å². The Morgan fingerprint density at radius 2 is 1.67 bits per heavy atom. The average molecular weight is 210 g/mol. The zero-order valence-corrected chi connectivity index (χ0v) is 10.2. The molecular weight excluding hydrogens is 184 g/mol. The van der Waals surface area contributed by atoms with E-state index in [1.165, 1.54) is 57.8 Å². The molecule has 0 unspecified atom stereocenters. The first-order chi connectivity index (χ1) is 7.27. The van der Waals surface area contributed by atoms with Crippen LogP contribution in [0.1, 0.15) is 71.1 Å². The van der Waals surface area contributed by atoms with Crippen molar-refractivity contribution >= 4 is 0 Å². The number of hydrogen-bond acceptors (Lipinski definition) is 1. The topological polar surface area (TPSA) is 20.2 Å². The highest BCUT2D eigenvalue weighted by Gasteiger charge is 2.43. The van der Waals surface area contributed by atoms with E-state index < -0.39 is 0 Å². The van der Waals surface area contributed by atoms with E-state index in [-0.39, 0.29) is 5.60 Å². The van der Waals surface area contributed by atoms with Gasteiger partial charge in [-0.1, -0.05) is 45.4 Å². The van der Waals surface area contributed by atoms with Gasteiger partial charge in [0.25, 0.3) is 0 Å². The van der Waals surface area contributed by atoms with Gasteiger partial charge in [-0.2, -0.15) is 0 Å². The van der Waals surface area contributed by atoms with Crippen molar-refractivity contribution in [3.8, 4) is 0 Å². The van der Waals surface area contributed by atoms with Crippen molar-refractivity contribution in [3.05, 3.63) is 0 Å². The molecule has 0 spiro atoms. The molecule has 2 saturated carbocycles. The van der Waals surface area contributed by atoms with Gasteiger partial charge < -0.3 is 5.11 Å². The minimum absolute atomic E-state index is 0.284. The van der Waals surface area contributed by atoms with E-state index in [0.717, 1.165) is 6.42 Å². The van der Waals surface area contributed by atoms with Crippen LogP contribution in [-0.2, 0) is 0 Å². The van der Waals surface area contributed by atoms with E-state index in [2.05, 4.69) is 6.92 Å². The highest BCUT2D eigenvalue weighted by molar-refractivity contribution is 4.95. The van der Waals surface area contributed by atoms with Crippen LogP contribution in [-0.4, -0.2) is 10.7 Å². The lowest BCUT2D eigenvalue weighted by Crippen LogP contribution is -2.47. The van der Waals surface area contributed by atoms with Gasteiger partial charge in [-0.3, -0.25) is 0 Å². The molecule has 0 saturated heterocycles. The third-order valence-electron chi connectivity index (χ3n) is 4.89. The molecule has 0 radical (unpaired) electrons. The Balaban J connectivity index is 2.06. The third-order valence-corrected chi connectivity index (χ3v) is 4.89. The highest BCUT2D eigenvalue weighted by atomic mass is 16.3. The van der Waals surface area contributed by atoms with E-state index in [1.807, 2.05) is 0 Å². The minimum Gasteiger partial charge on any atom is -0.389 e. The van der Waals surface area contributed by atoms with Gasteiger partial charge in [0.1, 0.15) is 0 Å². The largest absolute Gasteiger partial charge is 0.389 e. The Bertz CT molecular complexity index is 196. The first-order valence-electron chi connectivity index (χ1n) is 6.99. The van der Waals surface area contributed by atoms with Crippen molar-refractivity contribution in [2.75, 3.05) is 0 Å². The molecule has 0 bridgehead atoms. The van der Waals surface area contributed by atoms with Gasteiger partial charge in [0.05, 0.1) is 5.60 Å². The van der Waals surface area contributed by atoms with Crippen LogP contribution in [0.15, 0.2) is 0 Å². The fourth-order valence-corrected chi connectivity index (χ4v) is 3.95. The SMILES string of the molecule is CC[C@H]1CCCC[C@]1(O)C1CCCCC1. The molecule has 2 atom stereocenters. The maximum atomic E-state index is 11.0. The summed E-state index contributed by atoms with van der Waals surface area (Å²) >= 11 is 0. The van der Waals surface area contributed by atoms with Crippen LogP contribution in [0.25, 0.3) is 0 Å². The fourth-order valence-electron chi connectivity index (χ4n) is 3.95. The highest BCUT2D eigenvalue weighted by Crippen LogP contribution is 2.45. The smallest absolute Gasteiger partial charge is 0.0703 e. The normalized spacial score (nSPS) is 39.2. The second kappa shape index (κ2) is 4.86. The summed E-state index contributed by atoms with van der Waals surface area (Å²) in [6, 6.07) is 0. The van der Waals surface area contributed by atoms with Crippen molar-refractivity contribution in [2.45, 2.75) is 76.7 Å². The number of aliphatic hydroxyl groups is 1. The lowest BCUT2D eigenvalue weighted by Gasteiger charge is -2.46.